The molecule has 0 amide bonds. The van der Waals surface area contributed by atoms with Gasteiger partial charge in [0, 0.05) is 40.2 Å². The predicted octanol–water partition coefficient (Wildman–Crippen LogP) is 9.17. The minimum Gasteiger partial charge on any atom is -0.263 e. The van der Waals surface area contributed by atoms with Crippen molar-refractivity contribution in [3.05, 3.63) is 157 Å². The number of hydrogen-bond donors (Lipinski definition) is 0. The van der Waals surface area contributed by atoms with E-state index in [-0.39, 0.29) is 0 Å². The molecular weight excluding hydrogens is 524 g/mol. The summed E-state index contributed by atoms with van der Waals surface area (Å²) in [6.45, 7) is 0. The highest BCUT2D eigenvalue weighted by molar-refractivity contribution is 5.85. The Balaban J connectivity index is 1.25. The molecule has 2 heterocycles. The number of aromatic nitrogens is 4. The topological polar surface area (TPSA) is 51.6 Å². The maximum atomic E-state index is 5.04. The van der Waals surface area contributed by atoms with Gasteiger partial charge in [-0.3, -0.25) is 4.98 Å². The van der Waals surface area contributed by atoms with E-state index >= 15 is 0 Å². The fourth-order valence-corrected chi connectivity index (χ4v) is 5.93. The van der Waals surface area contributed by atoms with E-state index in [2.05, 4.69) is 102 Å². The lowest BCUT2D eigenvalue weighted by atomic mass is 9.97. The summed E-state index contributed by atoms with van der Waals surface area (Å²) in [5.41, 5.74) is 12.5. The third-order valence-electron chi connectivity index (χ3n) is 8.06. The molecular formula is C39H26N4. The van der Waals surface area contributed by atoms with Gasteiger partial charge in [0.25, 0.3) is 0 Å². The molecule has 1 aliphatic carbocycles. The van der Waals surface area contributed by atoms with Crippen molar-refractivity contribution in [1.29, 1.82) is 0 Å². The van der Waals surface area contributed by atoms with E-state index in [9.17, 15) is 0 Å². The van der Waals surface area contributed by atoms with E-state index in [1.807, 2.05) is 48.8 Å². The molecule has 0 unspecified atom stereocenters. The summed E-state index contributed by atoms with van der Waals surface area (Å²) in [6.07, 6.45) is 4.87. The molecule has 1 aliphatic rings. The average molecular weight is 551 g/mol. The second-order valence-electron chi connectivity index (χ2n) is 10.7. The van der Waals surface area contributed by atoms with Crippen LogP contribution in [0.2, 0.25) is 0 Å². The first kappa shape index (κ1) is 25.0. The van der Waals surface area contributed by atoms with Gasteiger partial charge in [0.05, 0.1) is 0 Å². The molecule has 2 aromatic heterocycles. The molecule has 8 rings (SSSR count). The smallest absolute Gasteiger partial charge is 0.164 e. The molecule has 0 radical (unpaired) electrons. The van der Waals surface area contributed by atoms with Gasteiger partial charge in [-0.1, -0.05) is 121 Å². The Kier molecular flexibility index (Phi) is 6.16. The minimum absolute atomic E-state index is 0.639. The van der Waals surface area contributed by atoms with Crippen molar-refractivity contribution in [2.24, 2.45) is 0 Å². The Hall–Kier alpha value is -5.74. The van der Waals surface area contributed by atoms with Crippen LogP contribution in [0.5, 0.6) is 0 Å². The van der Waals surface area contributed by atoms with Gasteiger partial charge in [-0.05, 0) is 51.9 Å². The van der Waals surface area contributed by atoms with Crippen molar-refractivity contribution in [2.75, 3.05) is 0 Å². The minimum atomic E-state index is 0.639. The molecule has 4 nitrogen and oxygen atoms in total. The highest BCUT2D eigenvalue weighted by Gasteiger charge is 2.22. The molecule has 0 saturated heterocycles. The molecule has 0 saturated carbocycles. The zero-order valence-electron chi connectivity index (χ0n) is 23.4. The van der Waals surface area contributed by atoms with Crippen molar-refractivity contribution in [3.63, 3.8) is 0 Å². The van der Waals surface area contributed by atoms with Crippen LogP contribution in [0.4, 0.5) is 0 Å². The van der Waals surface area contributed by atoms with Gasteiger partial charge in [0.1, 0.15) is 0 Å². The summed E-state index contributed by atoms with van der Waals surface area (Å²) < 4.78 is 0. The quantitative estimate of drug-likeness (QED) is 0.214. The highest BCUT2D eigenvalue weighted by Crippen LogP contribution is 2.41. The molecule has 5 aromatic carbocycles. The summed E-state index contributed by atoms with van der Waals surface area (Å²) in [5.74, 6) is 1.93. The summed E-state index contributed by atoms with van der Waals surface area (Å²) >= 11 is 0. The van der Waals surface area contributed by atoms with E-state index in [0.29, 0.717) is 17.5 Å². The Morgan fingerprint density at radius 2 is 0.884 bits per heavy atom. The summed E-state index contributed by atoms with van der Waals surface area (Å²) in [7, 11) is 0. The van der Waals surface area contributed by atoms with Crippen molar-refractivity contribution in [3.8, 4) is 67.5 Å². The molecule has 0 aliphatic heterocycles. The highest BCUT2D eigenvalue weighted by atomic mass is 15.0. The Morgan fingerprint density at radius 3 is 1.60 bits per heavy atom. The van der Waals surface area contributed by atoms with Crippen LogP contribution >= 0.6 is 0 Å². The summed E-state index contributed by atoms with van der Waals surface area (Å²) in [4.78, 5) is 19.6. The second kappa shape index (κ2) is 10.6. The van der Waals surface area contributed by atoms with E-state index < -0.39 is 0 Å². The van der Waals surface area contributed by atoms with Crippen LogP contribution in [0.3, 0.4) is 0 Å². The predicted molar refractivity (Wildman–Crippen MR) is 173 cm³/mol. The third kappa shape index (κ3) is 4.69. The molecule has 7 aromatic rings. The fraction of sp³-hybridized carbons (Fsp3) is 0.0256. The molecule has 202 valence electrons. The van der Waals surface area contributed by atoms with Crippen molar-refractivity contribution in [1.82, 2.24) is 19.9 Å². The van der Waals surface area contributed by atoms with Crippen LogP contribution in [0.1, 0.15) is 11.1 Å². The molecule has 0 fully saturated rings. The number of nitrogens with zero attached hydrogens (tertiary/aromatic N) is 4. The van der Waals surface area contributed by atoms with Gasteiger partial charge < -0.3 is 0 Å². The first-order valence-electron chi connectivity index (χ1n) is 14.4. The molecule has 43 heavy (non-hydrogen) atoms. The number of pyridine rings is 1. The van der Waals surface area contributed by atoms with Gasteiger partial charge >= 0.3 is 0 Å². The van der Waals surface area contributed by atoms with Gasteiger partial charge in [-0.2, -0.15) is 0 Å². The van der Waals surface area contributed by atoms with E-state index in [1.54, 1.807) is 0 Å². The molecule has 4 heteroatoms. The number of fused-ring (bicyclic) bond motifs is 3. The zero-order valence-corrected chi connectivity index (χ0v) is 23.4. The van der Waals surface area contributed by atoms with E-state index in [4.69, 9.17) is 15.0 Å². The fourth-order valence-electron chi connectivity index (χ4n) is 5.93. The van der Waals surface area contributed by atoms with Crippen LogP contribution in [-0.4, -0.2) is 19.9 Å². The Labute approximate surface area is 250 Å². The second-order valence-corrected chi connectivity index (χ2v) is 10.7. The van der Waals surface area contributed by atoms with Crippen LogP contribution in [0.25, 0.3) is 67.5 Å². The van der Waals surface area contributed by atoms with Crippen molar-refractivity contribution < 1.29 is 0 Å². The first-order chi connectivity index (χ1) is 21.3. The maximum absolute atomic E-state index is 5.04. The summed E-state index contributed by atoms with van der Waals surface area (Å²) in [5, 5.41) is 0. The lowest BCUT2D eigenvalue weighted by Crippen LogP contribution is -2.00. The zero-order chi connectivity index (χ0) is 28.6. The normalized spacial score (nSPS) is 11.6. The Bertz CT molecular complexity index is 2100. The van der Waals surface area contributed by atoms with E-state index in [0.717, 1.165) is 45.4 Å². The van der Waals surface area contributed by atoms with Gasteiger partial charge in [0.2, 0.25) is 0 Å². The molecule has 0 bridgehead atoms. The molecule has 0 spiro atoms. The van der Waals surface area contributed by atoms with Crippen molar-refractivity contribution >= 4 is 0 Å². The van der Waals surface area contributed by atoms with Crippen LogP contribution < -0.4 is 0 Å². The maximum Gasteiger partial charge on any atom is 0.164 e. The third-order valence-corrected chi connectivity index (χ3v) is 8.06. The number of rotatable bonds is 5. The van der Waals surface area contributed by atoms with Gasteiger partial charge in [-0.15, -0.1) is 0 Å². The first-order valence-corrected chi connectivity index (χ1v) is 14.4. The largest absolute Gasteiger partial charge is 0.263 e. The standard InChI is InChI=1S/C39H26N4/c1-3-11-26(12-4-1)28-16-9-18-31(21-28)38-41-37(27-13-5-2-6-14-27)42-39(43-38)32-19-10-17-29(22-32)35-24-40-25-36-33-20-8-7-15-30(33)23-34(35)36/h1-22,24-25H,23H2. The Morgan fingerprint density at radius 1 is 0.372 bits per heavy atom. The summed E-state index contributed by atoms with van der Waals surface area (Å²) in [6, 6.07) is 45.9. The molecule has 0 N–H and O–H groups in total. The van der Waals surface area contributed by atoms with Crippen LogP contribution in [-0.2, 0) is 6.42 Å². The SMILES string of the molecule is c1ccc(-c2cccc(-c3nc(-c4ccccc4)nc(-c4cccc(-c5cncc6c5Cc5ccccc5-6)c4)n3)c2)cc1. The monoisotopic (exact) mass is 550 g/mol. The van der Waals surface area contributed by atoms with Crippen molar-refractivity contribution in [2.45, 2.75) is 6.42 Å². The van der Waals surface area contributed by atoms with Gasteiger partial charge in [-0.25, -0.2) is 15.0 Å². The molecule has 0 atom stereocenters. The van der Waals surface area contributed by atoms with E-state index in [1.165, 1.54) is 22.3 Å². The van der Waals surface area contributed by atoms with Gasteiger partial charge in [0.15, 0.2) is 17.5 Å². The number of benzene rings is 5. The van der Waals surface area contributed by atoms with Crippen LogP contribution in [0, 0.1) is 0 Å². The lowest BCUT2D eigenvalue weighted by molar-refractivity contribution is 1.07. The van der Waals surface area contributed by atoms with Crippen LogP contribution in [0.15, 0.2) is 146 Å². The average Bonchev–Trinajstić information content (AvgIpc) is 3.48. The lowest BCUT2D eigenvalue weighted by Gasteiger charge is -2.12. The number of hydrogen-bond acceptors (Lipinski definition) is 4.